The third-order valence-electron chi connectivity index (χ3n) is 1.97. The van der Waals surface area contributed by atoms with Crippen molar-refractivity contribution in [2.45, 2.75) is 15.8 Å². The van der Waals surface area contributed by atoms with Crippen LogP contribution in [0.2, 0.25) is 0 Å². The van der Waals surface area contributed by atoms with Gasteiger partial charge in [-0.15, -0.1) is 0 Å². The molecule has 1 N–H and O–H groups in total. The van der Waals surface area contributed by atoms with E-state index in [1.165, 1.54) is 35.7 Å². The van der Waals surface area contributed by atoms with E-state index in [9.17, 15) is 4.39 Å². The van der Waals surface area contributed by atoms with Gasteiger partial charge in [-0.3, -0.25) is 0 Å². The minimum Gasteiger partial charge on any atom is -0.316 e. The van der Waals surface area contributed by atoms with Gasteiger partial charge < -0.3 is 5.32 Å². The number of nitrogens with one attached hydrogen (secondary N) is 1. The predicted octanol–water partition coefficient (Wildman–Crippen LogP) is 2.55. The van der Waals surface area contributed by atoms with Gasteiger partial charge >= 0.3 is 0 Å². The van der Waals surface area contributed by atoms with Crippen molar-refractivity contribution in [3.63, 3.8) is 0 Å². The van der Waals surface area contributed by atoms with Crippen molar-refractivity contribution in [3.05, 3.63) is 35.9 Å². The molecule has 1 aromatic carbocycles. The normalized spacial score (nSPS) is 10.6. The summed E-state index contributed by atoms with van der Waals surface area (Å²) in [6.07, 6.45) is 1.50. The van der Waals surface area contributed by atoms with Crippen LogP contribution in [0.5, 0.6) is 0 Å². The van der Waals surface area contributed by atoms with Gasteiger partial charge in [-0.1, -0.05) is 17.8 Å². The van der Waals surface area contributed by atoms with E-state index in [0.29, 0.717) is 12.1 Å². The standard InChI is InChI=1S/C10H10FN3S2/c1-12-5-7-8(11)3-2-4-9(7)15-10-13-6-14-16-10/h2-4,6,12H,5H2,1H3. The molecule has 1 aromatic heterocycles. The number of halogens is 1. The zero-order valence-electron chi connectivity index (χ0n) is 8.61. The van der Waals surface area contributed by atoms with Crippen LogP contribution in [0.25, 0.3) is 0 Å². The molecule has 0 aliphatic heterocycles. The second-order valence-electron chi connectivity index (χ2n) is 3.06. The number of rotatable bonds is 4. The van der Waals surface area contributed by atoms with Gasteiger partial charge in [-0.25, -0.2) is 9.37 Å². The van der Waals surface area contributed by atoms with Crippen LogP contribution in [0.1, 0.15) is 5.56 Å². The first-order valence-corrected chi connectivity index (χ1v) is 6.26. The molecule has 0 bridgehead atoms. The highest BCUT2D eigenvalue weighted by molar-refractivity contribution is 8.01. The minimum absolute atomic E-state index is 0.191. The Bertz CT molecular complexity index is 459. The first-order chi connectivity index (χ1) is 7.81. The lowest BCUT2D eigenvalue weighted by Crippen LogP contribution is -2.08. The number of hydrogen-bond acceptors (Lipinski definition) is 5. The van der Waals surface area contributed by atoms with Crippen LogP contribution in [0.3, 0.4) is 0 Å². The number of benzene rings is 1. The fourth-order valence-corrected chi connectivity index (χ4v) is 2.84. The van der Waals surface area contributed by atoms with Gasteiger partial charge in [0.25, 0.3) is 0 Å². The Kier molecular flexibility index (Phi) is 3.87. The monoisotopic (exact) mass is 255 g/mol. The Labute approximate surface area is 101 Å². The molecule has 0 aliphatic rings. The number of hydrogen-bond donors (Lipinski definition) is 1. The molecule has 0 radical (unpaired) electrons. The summed E-state index contributed by atoms with van der Waals surface area (Å²) < 4.78 is 18.3. The molecule has 3 nitrogen and oxygen atoms in total. The molecular formula is C10H10FN3S2. The second-order valence-corrected chi connectivity index (χ2v) is 5.13. The van der Waals surface area contributed by atoms with Crippen molar-refractivity contribution >= 4 is 23.3 Å². The zero-order chi connectivity index (χ0) is 11.4. The van der Waals surface area contributed by atoms with Crippen LogP contribution in [-0.2, 0) is 6.54 Å². The SMILES string of the molecule is CNCc1c(F)cccc1Sc1ncns1. The smallest absolute Gasteiger partial charge is 0.174 e. The fraction of sp³-hybridized carbons (Fsp3) is 0.200. The van der Waals surface area contributed by atoms with E-state index >= 15 is 0 Å². The molecule has 0 unspecified atom stereocenters. The van der Waals surface area contributed by atoms with Crippen molar-refractivity contribution in [2.75, 3.05) is 7.05 Å². The lowest BCUT2D eigenvalue weighted by Gasteiger charge is -2.07. The van der Waals surface area contributed by atoms with Crippen molar-refractivity contribution < 1.29 is 4.39 Å². The molecule has 84 valence electrons. The maximum absolute atomic E-state index is 13.6. The summed E-state index contributed by atoms with van der Waals surface area (Å²) in [4.78, 5) is 4.95. The Morgan fingerprint density at radius 2 is 2.38 bits per heavy atom. The summed E-state index contributed by atoms with van der Waals surface area (Å²) in [6, 6.07) is 5.07. The summed E-state index contributed by atoms with van der Waals surface area (Å²) in [5, 5.41) is 2.96. The van der Waals surface area contributed by atoms with Crippen LogP contribution in [0.15, 0.2) is 33.8 Å². The first kappa shape index (κ1) is 11.5. The molecule has 16 heavy (non-hydrogen) atoms. The fourth-order valence-electron chi connectivity index (χ4n) is 1.28. The van der Waals surface area contributed by atoms with Crippen molar-refractivity contribution in [1.29, 1.82) is 0 Å². The molecule has 0 spiro atoms. The van der Waals surface area contributed by atoms with Crippen molar-refractivity contribution in [3.8, 4) is 0 Å². The molecule has 0 saturated heterocycles. The Balaban J connectivity index is 2.29. The van der Waals surface area contributed by atoms with E-state index in [2.05, 4.69) is 14.7 Å². The van der Waals surface area contributed by atoms with Crippen molar-refractivity contribution in [2.24, 2.45) is 0 Å². The molecule has 2 rings (SSSR count). The Hall–Kier alpha value is -0.980. The van der Waals surface area contributed by atoms with Gasteiger partial charge in [0.1, 0.15) is 12.1 Å². The minimum atomic E-state index is -0.191. The first-order valence-electron chi connectivity index (χ1n) is 4.68. The quantitative estimate of drug-likeness (QED) is 0.911. The topological polar surface area (TPSA) is 37.8 Å². The van der Waals surface area contributed by atoms with E-state index in [4.69, 9.17) is 0 Å². The van der Waals surface area contributed by atoms with E-state index in [0.717, 1.165) is 9.24 Å². The molecule has 0 fully saturated rings. The highest BCUT2D eigenvalue weighted by atomic mass is 32.2. The van der Waals surface area contributed by atoms with Gasteiger partial charge in [0, 0.05) is 17.0 Å². The summed E-state index contributed by atoms with van der Waals surface area (Å²) >= 11 is 2.75. The van der Waals surface area contributed by atoms with Gasteiger partial charge in [0.15, 0.2) is 4.34 Å². The lowest BCUT2D eigenvalue weighted by atomic mass is 10.2. The molecule has 1 heterocycles. The largest absolute Gasteiger partial charge is 0.316 e. The molecule has 0 atom stereocenters. The highest BCUT2D eigenvalue weighted by Crippen LogP contribution is 2.31. The van der Waals surface area contributed by atoms with E-state index in [-0.39, 0.29) is 5.82 Å². The second kappa shape index (κ2) is 5.38. The van der Waals surface area contributed by atoms with Gasteiger partial charge in [-0.2, -0.15) is 4.37 Å². The number of aromatic nitrogens is 2. The Morgan fingerprint density at radius 1 is 1.50 bits per heavy atom. The molecule has 0 amide bonds. The van der Waals surface area contributed by atoms with Crippen LogP contribution in [-0.4, -0.2) is 16.4 Å². The summed E-state index contributed by atoms with van der Waals surface area (Å²) in [5.74, 6) is -0.191. The maximum Gasteiger partial charge on any atom is 0.174 e. The van der Waals surface area contributed by atoms with E-state index in [1.54, 1.807) is 13.1 Å². The van der Waals surface area contributed by atoms with Crippen molar-refractivity contribution in [1.82, 2.24) is 14.7 Å². The molecule has 2 aromatic rings. The van der Waals surface area contributed by atoms with Crippen LogP contribution in [0, 0.1) is 5.82 Å². The van der Waals surface area contributed by atoms with Gasteiger partial charge in [-0.05, 0) is 30.7 Å². The summed E-state index contributed by atoms with van der Waals surface area (Å²) in [7, 11) is 1.80. The highest BCUT2D eigenvalue weighted by Gasteiger charge is 2.10. The average Bonchev–Trinajstić information content (AvgIpc) is 2.76. The average molecular weight is 255 g/mol. The predicted molar refractivity (Wildman–Crippen MR) is 63.2 cm³/mol. The van der Waals surface area contributed by atoms with Gasteiger partial charge in [0.05, 0.1) is 0 Å². The molecule has 0 saturated carbocycles. The molecule has 6 heteroatoms. The van der Waals surface area contributed by atoms with Crippen LogP contribution < -0.4 is 5.32 Å². The zero-order valence-corrected chi connectivity index (χ0v) is 10.2. The van der Waals surface area contributed by atoms with E-state index < -0.39 is 0 Å². The number of nitrogens with zero attached hydrogens (tertiary/aromatic N) is 2. The summed E-state index contributed by atoms with van der Waals surface area (Å²) in [5.41, 5.74) is 0.671. The van der Waals surface area contributed by atoms with Crippen LogP contribution >= 0.6 is 23.3 Å². The lowest BCUT2D eigenvalue weighted by molar-refractivity contribution is 0.594. The molecule has 0 aliphatic carbocycles. The van der Waals surface area contributed by atoms with Gasteiger partial charge in [0.2, 0.25) is 0 Å². The maximum atomic E-state index is 13.6. The Morgan fingerprint density at radius 3 is 3.06 bits per heavy atom. The van der Waals surface area contributed by atoms with Crippen LogP contribution in [0.4, 0.5) is 4.39 Å². The molecular weight excluding hydrogens is 245 g/mol. The third-order valence-corrected chi connectivity index (χ3v) is 3.79. The summed E-state index contributed by atoms with van der Waals surface area (Å²) in [6.45, 7) is 0.508. The van der Waals surface area contributed by atoms with E-state index in [1.807, 2.05) is 6.07 Å². The third kappa shape index (κ3) is 2.58.